The third-order valence-electron chi connectivity index (χ3n) is 3.64. The second-order valence-electron chi connectivity index (χ2n) is 4.54. The van der Waals surface area contributed by atoms with E-state index in [0.29, 0.717) is 18.2 Å². The Hall–Kier alpha value is -1.22. The van der Waals surface area contributed by atoms with Crippen molar-refractivity contribution < 1.29 is 9.53 Å². The maximum atomic E-state index is 11.8. The fraction of sp³-hybridized carbons (Fsp3) is 0.462. The number of ether oxygens (including phenoxy) is 1. The summed E-state index contributed by atoms with van der Waals surface area (Å²) in [5, 5.41) is 0.874. The molecule has 1 N–H and O–H groups in total. The molecule has 2 unspecified atom stereocenters. The molecule has 2 bridgehead atoms. The van der Waals surface area contributed by atoms with Crippen molar-refractivity contribution in [3.05, 3.63) is 34.1 Å². The number of hydrogen-bond donors (Lipinski definition) is 1. The lowest BCUT2D eigenvalue weighted by Crippen LogP contribution is -2.20. The molecule has 0 saturated heterocycles. The van der Waals surface area contributed by atoms with Crippen LogP contribution in [0.1, 0.15) is 53.2 Å². The van der Waals surface area contributed by atoms with E-state index in [-0.39, 0.29) is 11.9 Å². The molecule has 3 nitrogen and oxygen atoms in total. The highest BCUT2D eigenvalue weighted by molar-refractivity contribution is 6.30. The molecular weight excluding hydrogens is 238 g/mol. The number of rotatable bonds is 2. The van der Waals surface area contributed by atoms with Crippen molar-refractivity contribution in [3.63, 3.8) is 0 Å². The Morgan fingerprint density at radius 2 is 2.41 bits per heavy atom. The minimum atomic E-state index is -0.272. The molecule has 1 heterocycles. The van der Waals surface area contributed by atoms with E-state index in [9.17, 15) is 4.79 Å². The van der Waals surface area contributed by atoms with Crippen LogP contribution in [0, 0.1) is 0 Å². The Morgan fingerprint density at radius 3 is 3.12 bits per heavy atom. The number of carbonyl (C=O) groups is 1. The maximum absolute atomic E-state index is 11.8. The van der Waals surface area contributed by atoms with Crippen molar-refractivity contribution in [1.82, 2.24) is 4.98 Å². The Balaban J connectivity index is 2.05. The topological polar surface area (TPSA) is 42.1 Å². The summed E-state index contributed by atoms with van der Waals surface area (Å²) < 4.78 is 5.06. The molecule has 2 atom stereocenters. The van der Waals surface area contributed by atoms with Crippen LogP contribution in [0.5, 0.6) is 0 Å². The fourth-order valence-corrected chi connectivity index (χ4v) is 3.28. The first-order chi connectivity index (χ1) is 8.22. The van der Waals surface area contributed by atoms with Gasteiger partial charge >= 0.3 is 5.97 Å². The maximum Gasteiger partial charge on any atom is 0.355 e. The summed E-state index contributed by atoms with van der Waals surface area (Å²) in [6, 6.07) is 0. The molecular formula is C13H14ClNO2. The van der Waals surface area contributed by atoms with Crippen LogP contribution in [0.2, 0.25) is 0 Å². The van der Waals surface area contributed by atoms with Gasteiger partial charge in [0.2, 0.25) is 0 Å². The van der Waals surface area contributed by atoms with E-state index in [1.807, 2.05) is 13.1 Å². The third kappa shape index (κ3) is 1.53. The molecule has 3 aliphatic carbocycles. The first-order valence-electron chi connectivity index (χ1n) is 5.97. The SMILES string of the molecule is CCOC(=O)c1[nH]cc2c1C1CCC2C=C1Cl. The number of aromatic amines is 1. The van der Waals surface area contributed by atoms with Crippen LogP contribution >= 0.6 is 11.6 Å². The lowest BCUT2D eigenvalue weighted by Gasteiger charge is -2.33. The molecule has 0 saturated carbocycles. The van der Waals surface area contributed by atoms with Gasteiger partial charge < -0.3 is 9.72 Å². The number of carbonyl (C=O) groups excluding carboxylic acids is 1. The van der Waals surface area contributed by atoms with E-state index in [1.165, 1.54) is 5.56 Å². The lowest BCUT2D eigenvalue weighted by molar-refractivity contribution is 0.0518. The van der Waals surface area contributed by atoms with Gasteiger partial charge in [-0.1, -0.05) is 17.7 Å². The fourth-order valence-electron chi connectivity index (χ4n) is 2.91. The van der Waals surface area contributed by atoms with E-state index < -0.39 is 0 Å². The summed E-state index contributed by atoms with van der Waals surface area (Å²) in [5.74, 6) is 0.273. The highest BCUT2D eigenvalue weighted by Crippen LogP contribution is 2.51. The zero-order valence-electron chi connectivity index (χ0n) is 9.63. The van der Waals surface area contributed by atoms with Crippen molar-refractivity contribution in [2.75, 3.05) is 6.61 Å². The van der Waals surface area contributed by atoms with Crippen LogP contribution < -0.4 is 0 Å². The molecule has 0 aromatic carbocycles. The Bertz CT molecular complexity index is 504. The monoisotopic (exact) mass is 251 g/mol. The summed E-state index contributed by atoms with van der Waals surface area (Å²) in [6.07, 6.45) is 6.18. The van der Waals surface area contributed by atoms with E-state index in [2.05, 4.69) is 11.1 Å². The molecule has 0 fully saturated rings. The van der Waals surface area contributed by atoms with Gasteiger partial charge in [-0.05, 0) is 30.9 Å². The third-order valence-corrected chi connectivity index (χ3v) is 4.03. The zero-order chi connectivity index (χ0) is 12.0. The predicted octanol–water partition coefficient (Wildman–Crippen LogP) is 3.29. The number of hydrogen-bond acceptors (Lipinski definition) is 2. The molecule has 0 amide bonds. The van der Waals surface area contributed by atoms with E-state index in [1.54, 1.807) is 0 Å². The number of allylic oxidation sites excluding steroid dienone is 2. The van der Waals surface area contributed by atoms with Crippen LogP contribution in [0.4, 0.5) is 0 Å². The highest BCUT2D eigenvalue weighted by Gasteiger charge is 2.37. The number of halogens is 1. The molecule has 4 rings (SSSR count). The van der Waals surface area contributed by atoms with E-state index in [0.717, 1.165) is 23.4 Å². The molecule has 1 aromatic heterocycles. The van der Waals surface area contributed by atoms with Crippen LogP contribution in [-0.4, -0.2) is 17.6 Å². The average molecular weight is 252 g/mol. The number of esters is 1. The number of H-pyrrole nitrogens is 1. The van der Waals surface area contributed by atoms with Gasteiger partial charge in [-0.3, -0.25) is 0 Å². The van der Waals surface area contributed by atoms with Gasteiger partial charge in [-0.15, -0.1) is 0 Å². The minimum Gasteiger partial charge on any atom is -0.461 e. The Kier molecular flexibility index (Phi) is 2.51. The summed E-state index contributed by atoms with van der Waals surface area (Å²) in [5.41, 5.74) is 2.86. The number of aromatic nitrogens is 1. The molecule has 0 aliphatic heterocycles. The number of fused-ring (bicyclic) bond motifs is 1. The molecule has 4 heteroatoms. The molecule has 1 aromatic rings. The largest absolute Gasteiger partial charge is 0.461 e. The van der Waals surface area contributed by atoms with Gasteiger partial charge in [0, 0.05) is 23.1 Å². The summed E-state index contributed by atoms with van der Waals surface area (Å²) in [7, 11) is 0. The lowest BCUT2D eigenvalue weighted by atomic mass is 9.72. The first kappa shape index (κ1) is 10.9. The van der Waals surface area contributed by atoms with Crippen LogP contribution in [-0.2, 0) is 4.74 Å². The van der Waals surface area contributed by atoms with Crippen molar-refractivity contribution in [2.45, 2.75) is 31.6 Å². The molecule has 0 radical (unpaired) electrons. The van der Waals surface area contributed by atoms with E-state index >= 15 is 0 Å². The van der Waals surface area contributed by atoms with Gasteiger partial charge in [-0.2, -0.15) is 0 Å². The van der Waals surface area contributed by atoms with Gasteiger partial charge in [0.05, 0.1) is 6.61 Å². The molecule has 17 heavy (non-hydrogen) atoms. The molecule has 3 aliphatic rings. The van der Waals surface area contributed by atoms with Crippen molar-refractivity contribution in [2.24, 2.45) is 0 Å². The van der Waals surface area contributed by atoms with Crippen LogP contribution in [0.3, 0.4) is 0 Å². The normalized spacial score (nSPS) is 25.4. The van der Waals surface area contributed by atoms with E-state index in [4.69, 9.17) is 16.3 Å². The van der Waals surface area contributed by atoms with Crippen molar-refractivity contribution in [1.29, 1.82) is 0 Å². The van der Waals surface area contributed by atoms with Gasteiger partial charge in [0.25, 0.3) is 0 Å². The Morgan fingerprint density at radius 1 is 1.59 bits per heavy atom. The van der Waals surface area contributed by atoms with Crippen LogP contribution in [0.25, 0.3) is 0 Å². The summed E-state index contributed by atoms with van der Waals surface area (Å²) in [4.78, 5) is 14.9. The minimum absolute atomic E-state index is 0.183. The average Bonchev–Trinajstić information content (AvgIpc) is 2.76. The summed E-state index contributed by atoms with van der Waals surface area (Å²) >= 11 is 6.25. The molecule has 0 spiro atoms. The number of nitrogens with one attached hydrogen (secondary N) is 1. The smallest absolute Gasteiger partial charge is 0.355 e. The van der Waals surface area contributed by atoms with Gasteiger partial charge in [0.1, 0.15) is 5.69 Å². The van der Waals surface area contributed by atoms with Crippen molar-refractivity contribution in [3.8, 4) is 0 Å². The van der Waals surface area contributed by atoms with Crippen molar-refractivity contribution >= 4 is 17.6 Å². The van der Waals surface area contributed by atoms with Crippen LogP contribution in [0.15, 0.2) is 17.3 Å². The standard InChI is InChI=1S/C13H14ClNO2/c1-2-17-13(16)12-11-8-4-3-7(5-10(8)14)9(11)6-15-12/h5-8,15H,2-4H2,1H3. The second kappa shape index (κ2) is 3.91. The van der Waals surface area contributed by atoms with Gasteiger partial charge in [0.15, 0.2) is 0 Å². The highest BCUT2D eigenvalue weighted by atomic mass is 35.5. The van der Waals surface area contributed by atoms with Gasteiger partial charge in [-0.25, -0.2) is 4.79 Å². The first-order valence-corrected chi connectivity index (χ1v) is 6.35. The summed E-state index contributed by atoms with van der Waals surface area (Å²) in [6.45, 7) is 2.20. The molecule has 90 valence electrons. The second-order valence-corrected chi connectivity index (χ2v) is 4.98. The predicted molar refractivity (Wildman–Crippen MR) is 65.4 cm³/mol. The zero-order valence-corrected chi connectivity index (χ0v) is 10.4. The Labute approximate surface area is 105 Å². The quantitative estimate of drug-likeness (QED) is 0.820.